The topological polar surface area (TPSA) is 20.2 Å². The second kappa shape index (κ2) is 6.31. The van der Waals surface area contributed by atoms with Crippen molar-refractivity contribution in [3.05, 3.63) is 90.0 Å². The first-order valence-corrected chi connectivity index (χ1v) is 7.35. The van der Waals surface area contributed by atoms with Crippen molar-refractivity contribution < 1.29 is 13.9 Å². The smallest absolute Gasteiger partial charge is 0.296 e. The molecule has 1 N–H and O–H groups in total. The predicted molar refractivity (Wildman–Crippen MR) is 89.3 cm³/mol. The molecule has 0 bridgehead atoms. The Kier molecular flexibility index (Phi) is 4.22. The molecule has 0 amide bonds. The van der Waals surface area contributed by atoms with Crippen LogP contribution < -0.4 is 0 Å². The third-order valence-corrected chi connectivity index (χ3v) is 3.75. The quantitative estimate of drug-likeness (QED) is 0.700. The maximum absolute atomic E-state index is 14.2. The fourth-order valence-corrected chi connectivity index (χ4v) is 2.47. The first-order chi connectivity index (χ1) is 11.1. The van der Waals surface area contributed by atoms with Crippen molar-refractivity contribution >= 4 is 16.8 Å². The normalized spacial score (nSPS) is 13.5. The standard InChI is InChI=1S/C20H16F2O/c21-20(22,19(23)17-7-2-1-3-8-17)13-12-15-10-11-16-6-4-5-9-18(16)14-15/h1-14,19,23H/b13-12+. The van der Waals surface area contributed by atoms with E-state index in [0.717, 1.165) is 16.8 Å². The molecule has 0 saturated carbocycles. The van der Waals surface area contributed by atoms with Crippen LogP contribution in [-0.4, -0.2) is 11.0 Å². The number of alkyl halides is 2. The van der Waals surface area contributed by atoms with Gasteiger partial charge in [0.05, 0.1) is 0 Å². The first-order valence-electron chi connectivity index (χ1n) is 7.35. The average molecular weight is 310 g/mol. The van der Waals surface area contributed by atoms with E-state index in [4.69, 9.17) is 0 Å². The molecular weight excluding hydrogens is 294 g/mol. The van der Waals surface area contributed by atoms with Crippen molar-refractivity contribution in [1.29, 1.82) is 0 Å². The Morgan fingerprint density at radius 2 is 1.48 bits per heavy atom. The maximum atomic E-state index is 14.2. The number of fused-ring (bicyclic) bond motifs is 1. The van der Waals surface area contributed by atoms with Crippen molar-refractivity contribution in [2.24, 2.45) is 0 Å². The summed E-state index contributed by atoms with van der Waals surface area (Å²) >= 11 is 0. The second-order valence-electron chi connectivity index (χ2n) is 5.43. The maximum Gasteiger partial charge on any atom is 0.296 e. The van der Waals surface area contributed by atoms with Gasteiger partial charge < -0.3 is 5.11 Å². The van der Waals surface area contributed by atoms with E-state index < -0.39 is 12.0 Å². The minimum Gasteiger partial charge on any atom is -0.382 e. The highest BCUT2D eigenvalue weighted by atomic mass is 19.3. The molecule has 0 heterocycles. The molecule has 0 aliphatic heterocycles. The third kappa shape index (κ3) is 3.46. The van der Waals surface area contributed by atoms with Gasteiger partial charge in [-0.05, 0) is 34.0 Å². The molecule has 0 aliphatic carbocycles. The lowest BCUT2D eigenvalue weighted by Gasteiger charge is -2.19. The van der Waals surface area contributed by atoms with Gasteiger partial charge in [0, 0.05) is 0 Å². The van der Waals surface area contributed by atoms with E-state index in [1.54, 1.807) is 24.3 Å². The minimum absolute atomic E-state index is 0.195. The van der Waals surface area contributed by atoms with Crippen LogP contribution in [0.15, 0.2) is 78.9 Å². The van der Waals surface area contributed by atoms with Gasteiger partial charge >= 0.3 is 0 Å². The molecular formula is C20H16F2O. The molecule has 3 rings (SSSR count). The predicted octanol–water partition coefficient (Wildman–Crippen LogP) is 5.22. The van der Waals surface area contributed by atoms with E-state index in [1.165, 1.54) is 18.2 Å². The van der Waals surface area contributed by atoms with Crippen molar-refractivity contribution in [3.63, 3.8) is 0 Å². The summed E-state index contributed by atoms with van der Waals surface area (Å²) in [5.41, 5.74) is 0.865. The largest absolute Gasteiger partial charge is 0.382 e. The van der Waals surface area contributed by atoms with Crippen LogP contribution in [0.5, 0.6) is 0 Å². The zero-order valence-corrected chi connectivity index (χ0v) is 12.4. The van der Waals surface area contributed by atoms with Gasteiger partial charge in [0.1, 0.15) is 6.10 Å². The fourth-order valence-electron chi connectivity index (χ4n) is 2.47. The third-order valence-electron chi connectivity index (χ3n) is 3.75. The summed E-state index contributed by atoms with van der Waals surface area (Å²) in [6.45, 7) is 0. The highest BCUT2D eigenvalue weighted by Crippen LogP contribution is 2.33. The van der Waals surface area contributed by atoms with E-state index in [0.29, 0.717) is 5.56 Å². The number of aliphatic hydroxyl groups excluding tert-OH is 1. The van der Waals surface area contributed by atoms with Gasteiger partial charge in [-0.2, -0.15) is 8.78 Å². The molecule has 3 aromatic carbocycles. The van der Waals surface area contributed by atoms with Gasteiger partial charge in [0.2, 0.25) is 0 Å². The van der Waals surface area contributed by atoms with Crippen LogP contribution in [0, 0.1) is 0 Å². The van der Waals surface area contributed by atoms with Crippen LogP contribution in [0.3, 0.4) is 0 Å². The van der Waals surface area contributed by atoms with E-state index in [9.17, 15) is 13.9 Å². The number of halogens is 2. The highest BCUT2D eigenvalue weighted by Gasteiger charge is 2.36. The molecule has 0 saturated heterocycles. The molecule has 0 fully saturated rings. The van der Waals surface area contributed by atoms with Crippen LogP contribution in [0.2, 0.25) is 0 Å². The molecule has 116 valence electrons. The number of hydrogen-bond donors (Lipinski definition) is 1. The summed E-state index contributed by atoms with van der Waals surface area (Å²) in [6, 6.07) is 21.2. The van der Waals surface area contributed by atoms with Crippen molar-refractivity contribution in [1.82, 2.24) is 0 Å². The zero-order chi connectivity index (χ0) is 16.3. The Hall–Kier alpha value is -2.52. The Balaban J connectivity index is 1.84. The van der Waals surface area contributed by atoms with Gasteiger partial charge in [0.15, 0.2) is 0 Å². The number of benzene rings is 3. The first kappa shape index (κ1) is 15.4. The summed E-state index contributed by atoms with van der Waals surface area (Å²) in [6.07, 6.45) is 0.244. The number of hydrogen-bond acceptors (Lipinski definition) is 1. The molecule has 1 nitrogen and oxygen atoms in total. The Morgan fingerprint density at radius 1 is 0.826 bits per heavy atom. The van der Waals surface area contributed by atoms with Gasteiger partial charge in [-0.25, -0.2) is 0 Å². The van der Waals surface area contributed by atoms with Gasteiger partial charge in [-0.3, -0.25) is 0 Å². The molecule has 1 unspecified atom stereocenters. The molecule has 1 atom stereocenters. The molecule has 0 spiro atoms. The molecule has 3 heteroatoms. The average Bonchev–Trinajstić information content (AvgIpc) is 2.60. The Labute approximate surface area is 133 Å². The summed E-state index contributed by atoms with van der Waals surface area (Å²) in [7, 11) is 0. The molecule has 3 aromatic rings. The van der Waals surface area contributed by atoms with Gasteiger partial charge in [-0.15, -0.1) is 0 Å². The zero-order valence-electron chi connectivity index (χ0n) is 12.4. The Bertz CT molecular complexity index is 825. The lowest BCUT2D eigenvalue weighted by molar-refractivity contribution is -0.0709. The van der Waals surface area contributed by atoms with Crippen molar-refractivity contribution in [2.75, 3.05) is 0 Å². The summed E-state index contributed by atoms with van der Waals surface area (Å²) < 4.78 is 28.3. The molecule has 0 radical (unpaired) electrons. The number of aliphatic hydroxyl groups is 1. The van der Waals surface area contributed by atoms with Crippen molar-refractivity contribution in [2.45, 2.75) is 12.0 Å². The van der Waals surface area contributed by atoms with Crippen molar-refractivity contribution in [3.8, 4) is 0 Å². The lowest BCUT2D eigenvalue weighted by Crippen LogP contribution is -2.23. The van der Waals surface area contributed by atoms with E-state index in [-0.39, 0.29) is 5.56 Å². The summed E-state index contributed by atoms with van der Waals surface area (Å²) in [5.74, 6) is -3.34. The fraction of sp³-hybridized carbons (Fsp3) is 0.100. The van der Waals surface area contributed by atoms with Gasteiger partial charge in [-0.1, -0.05) is 72.8 Å². The number of rotatable bonds is 4. The van der Waals surface area contributed by atoms with Gasteiger partial charge in [0.25, 0.3) is 5.92 Å². The highest BCUT2D eigenvalue weighted by molar-refractivity contribution is 5.84. The molecule has 23 heavy (non-hydrogen) atoms. The Morgan fingerprint density at radius 3 is 2.22 bits per heavy atom. The SMILES string of the molecule is OC(c1ccccc1)C(F)(F)/C=C/c1ccc2ccccc2c1. The lowest BCUT2D eigenvalue weighted by atomic mass is 10.0. The van der Waals surface area contributed by atoms with E-state index >= 15 is 0 Å². The van der Waals surface area contributed by atoms with Crippen LogP contribution in [0.25, 0.3) is 16.8 Å². The van der Waals surface area contributed by atoms with Crippen LogP contribution in [0.1, 0.15) is 17.2 Å². The van der Waals surface area contributed by atoms with E-state index in [1.807, 2.05) is 36.4 Å². The molecule has 0 aromatic heterocycles. The summed E-state index contributed by atoms with van der Waals surface area (Å²) in [4.78, 5) is 0. The monoisotopic (exact) mass is 310 g/mol. The van der Waals surface area contributed by atoms with Crippen LogP contribution >= 0.6 is 0 Å². The molecule has 0 aliphatic rings. The van der Waals surface area contributed by atoms with Crippen LogP contribution in [-0.2, 0) is 0 Å². The minimum atomic E-state index is -3.34. The van der Waals surface area contributed by atoms with Crippen LogP contribution in [0.4, 0.5) is 8.78 Å². The summed E-state index contributed by atoms with van der Waals surface area (Å²) in [5, 5.41) is 11.9. The van der Waals surface area contributed by atoms with E-state index in [2.05, 4.69) is 0 Å². The second-order valence-corrected chi connectivity index (χ2v) is 5.43.